The monoisotopic (exact) mass is 707 g/mol. The van der Waals surface area contributed by atoms with E-state index in [2.05, 4.69) is 46.4 Å². The normalized spacial score (nSPS) is 10.6. The van der Waals surface area contributed by atoms with Crippen LogP contribution in [0.2, 0.25) is 5.02 Å². The maximum atomic E-state index is 13.0. The number of aromatic carboxylic acids is 2. The number of anilines is 2. The first kappa shape index (κ1) is 35.9. The number of fused-ring (bicyclic) bond motifs is 1. The van der Waals surface area contributed by atoms with Crippen LogP contribution in [-0.2, 0) is 6.42 Å². The van der Waals surface area contributed by atoms with Crippen LogP contribution in [0.5, 0.6) is 11.5 Å². The molecule has 6 aromatic rings. The molecule has 0 aliphatic rings. The fraction of sp³-hybridized carbons (Fsp3) is 0.100. The molecule has 0 bridgehead atoms. The van der Waals surface area contributed by atoms with Crippen LogP contribution in [0.25, 0.3) is 11.5 Å². The third-order valence-corrected chi connectivity index (χ3v) is 7.38. The summed E-state index contributed by atoms with van der Waals surface area (Å²) in [5, 5.41) is 47.5. The Kier molecular flexibility index (Phi) is 10.8. The molecule has 19 nitrogen and oxygen atoms in total. The Morgan fingerprint density at radius 2 is 1.59 bits per heavy atom. The SMILES string of the molecule is COc1cc(C(=O)O)c(NC(=O)c2ccc(-n3ccnc3)nn2)cc1OCCc1cc(C(=O)O)c(NC(=O)c2ccc3nnnn3n2)cc1Cl.[H-].[Li+]. The van der Waals surface area contributed by atoms with Gasteiger partial charge in [0.2, 0.25) is 0 Å². The third kappa shape index (κ3) is 7.91. The Balaban J connectivity index is 0.00000302. The van der Waals surface area contributed by atoms with Crippen molar-refractivity contribution in [2.45, 2.75) is 6.42 Å². The van der Waals surface area contributed by atoms with Gasteiger partial charge in [0, 0.05) is 36.0 Å². The first-order valence-corrected chi connectivity index (χ1v) is 14.6. The number of carbonyl (C=O) groups is 4. The first-order valence-electron chi connectivity index (χ1n) is 14.2. The second-order valence-electron chi connectivity index (χ2n) is 10.1. The van der Waals surface area contributed by atoms with Crippen molar-refractivity contribution < 1.29 is 59.2 Å². The van der Waals surface area contributed by atoms with E-state index in [9.17, 15) is 29.4 Å². The van der Waals surface area contributed by atoms with Crippen LogP contribution in [0.1, 0.15) is 48.7 Å². The molecular weight excluding hydrogens is 685 g/mol. The predicted molar refractivity (Wildman–Crippen MR) is 172 cm³/mol. The summed E-state index contributed by atoms with van der Waals surface area (Å²) in [5.41, 5.74) is -0.228. The molecule has 2 aromatic carbocycles. The molecule has 0 aliphatic heterocycles. The van der Waals surface area contributed by atoms with Gasteiger partial charge < -0.3 is 31.7 Å². The fourth-order valence-corrected chi connectivity index (χ4v) is 4.85. The van der Waals surface area contributed by atoms with Gasteiger partial charge >= 0.3 is 30.8 Å². The van der Waals surface area contributed by atoms with Gasteiger partial charge in [0.25, 0.3) is 11.8 Å². The number of benzene rings is 2. The standard InChI is InChI=1S/C30H22ClN11O8.Li.H/c1-49-23-11-17(30(47)48)22(34-27(43)19-2-4-25(36-35-19)41-8-7-32-14-41)13-24(23)50-9-6-15-10-16(29(45)46)21(12-18(15)31)33-28(44)20-3-5-26-37-39-40-42(26)38-20;;/h2-5,7-8,10-14H,6,9H2,1H3,(H,33,44)(H,34,43)(H,45,46)(H,47,48);;/q;+1;-1. The Hall–Kier alpha value is -6.42. The van der Waals surface area contributed by atoms with E-state index in [1.165, 1.54) is 55.9 Å². The number of methoxy groups -OCH3 is 1. The minimum atomic E-state index is -1.35. The molecule has 0 fully saturated rings. The number of nitrogens with zero attached hydrogens (tertiary/aromatic N) is 9. The quantitative estimate of drug-likeness (QED) is 0.120. The maximum absolute atomic E-state index is 13.0. The number of ether oxygens (including phenoxy) is 2. The van der Waals surface area contributed by atoms with E-state index in [4.69, 9.17) is 21.1 Å². The molecule has 0 saturated carbocycles. The van der Waals surface area contributed by atoms with Gasteiger partial charge in [-0.2, -0.15) is 0 Å². The molecule has 4 N–H and O–H groups in total. The molecule has 0 spiro atoms. The molecule has 0 saturated heterocycles. The molecule has 0 atom stereocenters. The van der Waals surface area contributed by atoms with Crippen molar-refractivity contribution in [2.24, 2.45) is 0 Å². The maximum Gasteiger partial charge on any atom is 1.00 e. The fourth-order valence-electron chi connectivity index (χ4n) is 4.60. The molecule has 2 amide bonds. The molecule has 4 heterocycles. The number of rotatable bonds is 12. The van der Waals surface area contributed by atoms with Crippen molar-refractivity contribution in [3.63, 3.8) is 0 Å². The van der Waals surface area contributed by atoms with E-state index >= 15 is 0 Å². The van der Waals surface area contributed by atoms with Crippen LogP contribution in [0.4, 0.5) is 11.4 Å². The van der Waals surface area contributed by atoms with Crippen molar-refractivity contribution >= 4 is 52.4 Å². The van der Waals surface area contributed by atoms with E-state index in [0.717, 1.165) is 4.63 Å². The third-order valence-electron chi connectivity index (χ3n) is 7.03. The van der Waals surface area contributed by atoms with Gasteiger partial charge in [-0.05, 0) is 52.4 Å². The van der Waals surface area contributed by atoms with Crippen molar-refractivity contribution in [3.05, 3.63) is 100 Å². The van der Waals surface area contributed by atoms with Gasteiger partial charge in [-0.1, -0.05) is 11.6 Å². The van der Waals surface area contributed by atoms with Crippen LogP contribution in [0, 0.1) is 0 Å². The van der Waals surface area contributed by atoms with Crippen LogP contribution in [-0.4, -0.2) is 92.7 Å². The van der Waals surface area contributed by atoms with E-state index in [0.29, 0.717) is 17.0 Å². The zero-order chi connectivity index (χ0) is 35.4. The summed E-state index contributed by atoms with van der Waals surface area (Å²) in [5.74, 6) is -3.62. The number of amides is 2. The molecule has 4 aromatic heterocycles. The number of imidazole rings is 1. The second-order valence-corrected chi connectivity index (χ2v) is 10.6. The number of halogens is 1. The molecule has 21 heteroatoms. The first-order chi connectivity index (χ1) is 24.1. The summed E-state index contributed by atoms with van der Waals surface area (Å²) in [6.45, 7) is -0.0856. The number of nitrogens with one attached hydrogen (secondary N) is 2. The van der Waals surface area contributed by atoms with Gasteiger partial charge in [-0.15, -0.1) is 25.0 Å². The van der Waals surface area contributed by atoms with E-state index < -0.39 is 23.8 Å². The van der Waals surface area contributed by atoms with Crippen molar-refractivity contribution in [1.29, 1.82) is 0 Å². The molecule has 6 rings (SSSR count). The van der Waals surface area contributed by atoms with Gasteiger partial charge in [-0.25, -0.2) is 14.6 Å². The number of hydrogen-bond acceptors (Lipinski definition) is 13. The number of hydrogen-bond donors (Lipinski definition) is 4. The largest absolute Gasteiger partial charge is 1.00 e. The van der Waals surface area contributed by atoms with Gasteiger partial charge in [0.15, 0.2) is 34.4 Å². The minimum Gasteiger partial charge on any atom is -1.00 e. The number of aromatic nitrogens is 9. The predicted octanol–water partition coefficient (Wildman–Crippen LogP) is -0.204. The Morgan fingerprint density at radius 1 is 0.882 bits per heavy atom. The van der Waals surface area contributed by atoms with E-state index in [-0.39, 0.29) is 83.7 Å². The van der Waals surface area contributed by atoms with Crippen LogP contribution in [0.3, 0.4) is 0 Å². The van der Waals surface area contributed by atoms with E-state index in [1.807, 2.05) is 0 Å². The van der Waals surface area contributed by atoms with Gasteiger partial charge in [0.1, 0.15) is 6.33 Å². The molecular formula is C30H23ClLiN11O8. The molecule has 254 valence electrons. The Morgan fingerprint density at radius 3 is 2.25 bits per heavy atom. The van der Waals surface area contributed by atoms with Crippen molar-refractivity contribution in [2.75, 3.05) is 24.4 Å². The zero-order valence-electron chi connectivity index (χ0n) is 27.5. The Labute approximate surface area is 304 Å². The Bertz CT molecular complexity index is 2270. The average molecular weight is 708 g/mol. The van der Waals surface area contributed by atoms with Crippen LogP contribution in [0.15, 0.2) is 67.3 Å². The summed E-state index contributed by atoms with van der Waals surface area (Å²) in [4.78, 5) is 53.9. The molecule has 0 unspecified atom stereocenters. The second kappa shape index (κ2) is 15.4. The molecule has 0 aliphatic carbocycles. The summed E-state index contributed by atoms with van der Waals surface area (Å²) < 4.78 is 13.8. The summed E-state index contributed by atoms with van der Waals surface area (Å²) >= 11 is 6.48. The van der Waals surface area contributed by atoms with Crippen LogP contribution >= 0.6 is 11.6 Å². The van der Waals surface area contributed by atoms with Gasteiger partial charge in [0.05, 0.1) is 36.2 Å². The average Bonchev–Trinajstić information content (AvgIpc) is 3.82. The van der Waals surface area contributed by atoms with E-state index in [1.54, 1.807) is 23.0 Å². The molecule has 51 heavy (non-hydrogen) atoms. The van der Waals surface area contributed by atoms with Crippen LogP contribution < -0.4 is 39.0 Å². The summed E-state index contributed by atoms with van der Waals surface area (Å²) in [7, 11) is 1.31. The smallest absolute Gasteiger partial charge is 1.00 e. The summed E-state index contributed by atoms with van der Waals surface area (Å²) in [6, 6.07) is 10.8. The van der Waals surface area contributed by atoms with Crippen molar-refractivity contribution in [1.82, 2.24) is 45.0 Å². The number of tetrazole rings is 1. The zero-order valence-corrected chi connectivity index (χ0v) is 27.3. The number of carboxylic acid groups (broad SMARTS) is 2. The topological polar surface area (TPSA) is 251 Å². The minimum absolute atomic E-state index is 0. The van der Waals surface area contributed by atoms with Gasteiger partial charge in [-0.3, -0.25) is 14.2 Å². The molecule has 0 radical (unpaired) electrons. The van der Waals surface area contributed by atoms with Crippen molar-refractivity contribution in [3.8, 4) is 17.3 Å². The number of carbonyl (C=O) groups excluding carboxylic acids is 2. The number of carboxylic acids is 2. The summed E-state index contributed by atoms with van der Waals surface area (Å²) in [6.07, 6.45) is 4.79.